The first-order chi connectivity index (χ1) is 13.9. The van der Waals surface area contributed by atoms with E-state index in [9.17, 15) is 13.6 Å². The summed E-state index contributed by atoms with van der Waals surface area (Å²) in [5.41, 5.74) is 3.52. The van der Waals surface area contributed by atoms with Crippen molar-refractivity contribution < 1.29 is 18.3 Å². The van der Waals surface area contributed by atoms with Crippen molar-refractivity contribution in [1.29, 1.82) is 0 Å². The molecule has 29 heavy (non-hydrogen) atoms. The van der Waals surface area contributed by atoms with Crippen molar-refractivity contribution in [1.82, 2.24) is 19.7 Å². The lowest BCUT2D eigenvalue weighted by molar-refractivity contribution is 0.0727. The van der Waals surface area contributed by atoms with Gasteiger partial charge in [-0.2, -0.15) is 5.10 Å². The fraction of sp³-hybridized carbons (Fsp3) is 0.286. The van der Waals surface area contributed by atoms with Crippen LogP contribution in [0.1, 0.15) is 32.9 Å². The monoisotopic (exact) mass is 398 g/mol. The number of aromatic nitrogens is 3. The zero-order valence-electron chi connectivity index (χ0n) is 16.2. The Morgan fingerprint density at radius 1 is 1.24 bits per heavy atom. The van der Waals surface area contributed by atoms with Crippen molar-refractivity contribution in [3.63, 3.8) is 0 Å². The molecule has 0 unspecified atom stereocenters. The normalized spacial score (nSPS) is 13.3. The number of amides is 1. The number of pyridine rings is 1. The van der Waals surface area contributed by atoms with Crippen LogP contribution < -0.4 is 4.74 Å². The first kappa shape index (κ1) is 19.0. The Morgan fingerprint density at radius 2 is 2.07 bits per heavy atom. The van der Waals surface area contributed by atoms with Crippen molar-refractivity contribution >= 4 is 5.91 Å². The molecule has 0 saturated heterocycles. The molecule has 0 fully saturated rings. The molecule has 0 atom stereocenters. The SMILES string of the molecule is Cc1ccnc(OCc2nn(C)c3c2CN(C(=O)c2ccc(F)cc2F)CC3)c1. The molecule has 8 heteroatoms. The smallest absolute Gasteiger partial charge is 0.257 e. The fourth-order valence-electron chi connectivity index (χ4n) is 3.52. The van der Waals surface area contributed by atoms with Crippen LogP contribution in [-0.2, 0) is 26.6 Å². The summed E-state index contributed by atoms with van der Waals surface area (Å²) < 4.78 is 34.8. The van der Waals surface area contributed by atoms with Crippen LogP contribution in [0, 0.1) is 18.6 Å². The van der Waals surface area contributed by atoms with Gasteiger partial charge in [-0.1, -0.05) is 0 Å². The largest absolute Gasteiger partial charge is 0.471 e. The Kier molecular flexibility index (Phi) is 5.00. The van der Waals surface area contributed by atoms with Gasteiger partial charge in [0.15, 0.2) is 0 Å². The van der Waals surface area contributed by atoms with Crippen molar-refractivity contribution in [3.05, 3.63) is 76.2 Å². The lowest BCUT2D eigenvalue weighted by atomic mass is 10.0. The number of benzene rings is 1. The highest BCUT2D eigenvalue weighted by Crippen LogP contribution is 2.25. The molecule has 150 valence electrons. The second kappa shape index (κ2) is 7.62. The van der Waals surface area contributed by atoms with E-state index in [1.165, 1.54) is 6.07 Å². The number of ether oxygens (including phenoxy) is 1. The third-order valence-electron chi connectivity index (χ3n) is 5.02. The maximum absolute atomic E-state index is 14.0. The average molecular weight is 398 g/mol. The predicted octanol–water partition coefficient (Wildman–Crippen LogP) is 3.18. The summed E-state index contributed by atoms with van der Waals surface area (Å²) in [4.78, 5) is 18.5. The number of rotatable bonds is 4. The summed E-state index contributed by atoms with van der Waals surface area (Å²) in [7, 11) is 1.85. The molecular weight excluding hydrogens is 378 g/mol. The number of fused-ring (bicyclic) bond motifs is 1. The number of carbonyl (C=O) groups is 1. The number of carbonyl (C=O) groups excluding carboxylic acids is 1. The molecule has 1 aliphatic rings. The summed E-state index contributed by atoms with van der Waals surface area (Å²) in [6, 6.07) is 6.71. The van der Waals surface area contributed by atoms with Gasteiger partial charge >= 0.3 is 0 Å². The molecular formula is C21H20F2N4O2. The molecule has 1 aliphatic heterocycles. The molecule has 0 bridgehead atoms. The molecule has 4 rings (SSSR count). The third-order valence-corrected chi connectivity index (χ3v) is 5.02. The second-order valence-electron chi connectivity index (χ2n) is 7.06. The summed E-state index contributed by atoms with van der Waals surface area (Å²) in [6.07, 6.45) is 2.27. The highest BCUT2D eigenvalue weighted by atomic mass is 19.1. The molecule has 0 radical (unpaired) electrons. The van der Waals surface area contributed by atoms with Gasteiger partial charge < -0.3 is 9.64 Å². The van der Waals surface area contributed by atoms with Gasteiger partial charge in [0.25, 0.3) is 5.91 Å². The topological polar surface area (TPSA) is 60.3 Å². The van der Waals surface area contributed by atoms with E-state index < -0.39 is 17.5 Å². The number of hydrogen-bond acceptors (Lipinski definition) is 4. The highest BCUT2D eigenvalue weighted by molar-refractivity contribution is 5.94. The Bertz CT molecular complexity index is 1080. The minimum Gasteiger partial charge on any atom is -0.471 e. The number of halogens is 2. The van der Waals surface area contributed by atoms with Crippen LogP contribution in [0.3, 0.4) is 0 Å². The van der Waals surface area contributed by atoms with Crippen molar-refractivity contribution in [2.75, 3.05) is 6.54 Å². The van der Waals surface area contributed by atoms with E-state index in [1.807, 2.05) is 26.1 Å². The molecule has 0 saturated carbocycles. The Morgan fingerprint density at radius 3 is 2.83 bits per heavy atom. The third kappa shape index (κ3) is 3.83. The highest BCUT2D eigenvalue weighted by Gasteiger charge is 2.28. The molecule has 3 heterocycles. The maximum atomic E-state index is 14.0. The van der Waals surface area contributed by atoms with E-state index >= 15 is 0 Å². The van der Waals surface area contributed by atoms with Gasteiger partial charge in [0.05, 0.1) is 5.56 Å². The predicted molar refractivity (Wildman–Crippen MR) is 101 cm³/mol. The molecule has 0 aliphatic carbocycles. The van der Waals surface area contributed by atoms with Gasteiger partial charge in [-0.05, 0) is 30.7 Å². The minimum atomic E-state index is -0.860. The van der Waals surface area contributed by atoms with Crippen LogP contribution in [0.15, 0.2) is 36.5 Å². The summed E-state index contributed by atoms with van der Waals surface area (Å²) in [5.74, 6) is -1.54. The Hall–Kier alpha value is -3.29. The summed E-state index contributed by atoms with van der Waals surface area (Å²) in [6.45, 7) is 2.89. The van der Waals surface area contributed by atoms with E-state index in [0.717, 1.165) is 29.0 Å². The van der Waals surface area contributed by atoms with Crippen molar-refractivity contribution in [3.8, 4) is 5.88 Å². The molecule has 1 amide bonds. The van der Waals surface area contributed by atoms with Gasteiger partial charge in [0, 0.05) is 56.1 Å². The molecule has 6 nitrogen and oxygen atoms in total. The van der Waals surface area contributed by atoms with Crippen molar-refractivity contribution in [2.45, 2.75) is 26.5 Å². The van der Waals surface area contributed by atoms with Gasteiger partial charge in [-0.25, -0.2) is 13.8 Å². The summed E-state index contributed by atoms with van der Waals surface area (Å²) >= 11 is 0. The standard InChI is InChI=1S/C21H20F2N4O2/c1-13-5-7-24-20(9-13)29-12-18-16-11-27(8-6-19(16)26(2)25-18)21(28)15-4-3-14(22)10-17(15)23/h3-5,7,9-10H,6,8,11-12H2,1-2H3. The molecule has 1 aromatic carbocycles. The first-order valence-electron chi connectivity index (χ1n) is 9.26. The Balaban J connectivity index is 1.54. The molecule has 2 aromatic heterocycles. The van der Waals surface area contributed by atoms with Crippen LogP contribution in [0.4, 0.5) is 8.78 Å². The molecule has 0 spiro atoms. The van der Waals surface area contributed by atoms with Gasteiger partial charge in [0.2, 0.25) is 5.88 Å². The lowest BCUT2D eigenvalue weighted by Crippen LogP contribution is -2.37. The van der Waals surface area contributed by atoms with Crippen LogP contribution >= 0.6 is 0 Å². The Labute approximate surface area is 166 Å². The first-order valence-corrected chi connectivity index (χ1v) is 9.26. The van der Waals surface area contributed by atoms with E-state index in [1.54, 1.807) is 15.8 Å². The zero-order valence-corrected chi connectivity index (χ0v) is 16.2. The lowest BCUT2D eigenvalue weighted by Gasteiger charge is -2.28. The molecule has 0 N–H and O–H groups in total. The van der Waals surface area contributed by atoms with Gasteiger partial charge in [-0.15, -0.1) is 0 Å². The van der Waals surface area contributed by atoms with Crippen LogP contribution in [0.25, 0.3) is 0 Å². The quantitative estimate of drug-likeness (QED) is 0.677. The van der Waals surface area contributed by atoms with Crippen molar-refractivity contribution in [2.24, 2.45) is 7.05 Å². The van der Waals surface area contributed by atoms with Crippen LogP contribution in [0.5, 0.6) is 5.88 Å². The van der Waals surface area contributed by atoms with E-state index in [0.29, 0.717) is 31.1 Å². The van der Waals surface area contributed by atoms with E-state index in [4.69, 9.17) is 4.74 Å². The maximum Gasteiger partial charge on any atom is 0.257 e. The van der Waals surface area contributed by atoms with Gasteiger partial charge in [-0.3, -0.25) is 9.48 Å². The van der Waals surface area contributed by atoms with E-state index in [2.05, 4.69) is 10.1 Å². The number of aryl methyl sites for hydroxylation is 2. The van der Waals surface area contributed by atoms with Crippen LogP contribution in [-0.4, -0.2) is 32.1 Å². The van der Waals surface area contributed by atoms with E-state index in [-0.39, 0.29) is 12.2 Å². The zero-order chi connectivity index (χ0) is 20.5. The summed E-state index contributed by atoms with van der Waals surface area (Å²) in [5, 5.41) is 4.53. The van der Waals surface area contributed by atoms with Crippen LogP contribution in [0.2, 0.25) is 0 Å². The minimum absolute atomic E-state index is 0.138. The number of nitrogens with zero attached hydrogens (tertiary/aromatic N) is 4. The molecule has 3 aromatic rings. The second-order valence-corrected chi connectivity index (χ2v) is 7.06. The fourth-order valence-corrected chi connectivity index (χ4v) is 3.52. The van der Waals surface area contributed by atoms with Gasteiger partial charge in [0.1, 0.15) is 23.9 Å². The average Bonchev–Trinajstić information content (AvgIpc) is 3.01. The number of hydrogen-bond donors (Lipinski definition) is 0.